The van der Waals surface area contributed by atoms with Crippen molar-refractivity contribution in [3.8, 4) is 11.1 Å². The monoisotopic (exact) mass is 255 g/mol. The molecule has 3 heteroatoms. The van der Waals surface area contributed by atoms with E-state index >= 15 is 0 Å². The maximum atomic E-state index is 5.81. The smallest absolute Gasteiger partial charge is 0.0561 e. The first-order valence-electron chi connectivity index (χ1n) is 6.39. The summed E-state index contributed by atoms with van der Waals surface area (Å²) < 4.78 is 0. The summed E-state index contributed by atoms with van der Waals surface area (Å²) >= 11 is 0. The molecular weight excluding hydrogens is 234 g/mol. The molecule has 0 aromatic heterocycles. The molecule has 3 nitrogen and oxygen atoms in total. The van der Waals surface area contributed by atoms with E-state index in [9.17, 15) is 0 Å². The summed E-state index contributed by atoms with van der Waals surface area (Å²) in [6.07, 6.45) is 1.57. The van der Waals surface area contributed by atoms with Gasteiger partial charge in [0.05, 0.1) is 5.70 Å². The number of hydrogen-bond acceptors (Lipinski definition) is 3. The van der Waals surface area contributed by atoms with E-state index in [2.05, 4.69) is 17.6 Å². The average molecular weight is 255 g/mol. The van der Waals surface area contributed by atoms with Crippen LogP contribution in [0.5, 0.6) is 0 Å². The summed E-state index contributed by atoms with van der Waals surface area (Å²) in [5.41, 5.74) is 12.2. The molecule has 0 aliphatic carbocycles. The van der Waals surface area contributed by atoms with Gasteiger partial charge in [-0.3, -0.25) is 5.84 Å². The summed E-state index contributed by atoms with van der Waals surface area (Å²) in [4.78, 5) is 0. The van der Waals surface area contributed by atoms with E-state index in [-0.39, 0.29) is 0 Å². The lowest BCUT2D eigenvalue weighted by molar-refractivity contribution is 0.967. The topological polar surface area (TPSA) is 64.1 Å². The highest BCUT2D eigenvalue weighted by Gasteiger charge is 1.98. The first kappa shape index (κ1) is 14.8. The molecule has 19 heavy (non-hydrogen) atoms. The van der Waals surface area contributed by atoms with Crippen molar-refractivity contribution in [1.29, 1.82) is 0 Å². The predicted octanol–water partition coefficient (Wildman–Crippen LogP) is 3.10. The van der Waals surface area contributed by atoms with Crippen LogP contribution in [0.1, 0.15) is 19.4 Å². The molecule has 0 saturated carbocycles. The minimum Gasteiger partial charge on any atom is -0.397 e. The van der Waals surface area contributed by atoms with Crippen molar-refractivity contribution >= 4 is 5.70 Å². The van der Waals surface area contributed by atoms with Crippen LogP contribution in [-0.2, 0) is 0 Å². The van der Waals surface area contributed by atoms with Crippen LogP contribution < -0.4 is 17.0 Å². The van der Waals surface area contributed by atoms with Crippen molar-refractivity contribution in [3.63, 3.8) is 0 Å². The number of hydrogen-bond donors (Lipinski definition) is 3. The third-order valence-corrected chi connectivity index (χ3v) is 2.56. The fourth-order valence-electron chi connectivity index (χ4n) is 1.66. The Bertz CT molecular complexity index is 501. The Balaban J connectivity index is 0.000000861. The molecule has 0 unspecified atom stereocenters. The predicted molar refractivity (Wildman–Crippen MR) is 82.7 cm³/mol. The average Bonchev–Trinajstić information content (AvgIpc) is 2.51. The van der Waals surface area contributed by atoms with E-state index in [0.717, 1.165) is 5.56 Å². The molecule has 0 heterocycles. The molecule has 0 atom stereocenters. The third-order valence-electron chi connectivity index (χ3n) is 2.56. The van der Waals surface area contributed by atoms with Gasteiger partial charge in [0.2, 0.25) is 0 Å². The minimum atomic E-state index is 0.618. The summed E-state index contributed by atoms with van der Waals surface area (Å²) in [5, 5.41) is 0. The van der Waals surface area contributed by atoms with Gasteiger partial charge in [-0.15, -0.1) is 0 Å². The van der Waals surface area contributed by atoms with Gasteiger partial charge in [0.15, 0.2) is 0 Å². The van der Waals surface area contributed by atoms with Gasteiger partial charge in [-0.25, -0.2) is 0 Å². The number of benzene rings is 2. The van der Waals surface area contributed by atoms with Crippen LogP contribution in [-0.4, -0.2) is 0 Å². The standard InChI is InChI=1S/C14H15N3.C2H6/c15-14(10-17-16)13-8-6-12(7-9-13)11-4-2-1-3-5-11;1-2/h1-10,17H,15-16H2;1-2H3/b14-10-;. The SMILES string of the molecule is CC.NN/C=C(\N)c1ccc(-c2ccccc2)cc1. The zero-order valence-corrected chi connectivity index (χ0v) is 11.4. The number of nitrogens with two attached hydrogens (primary N) is 2. The molecule has 0 spiro atoms. The van der Waals surface area contributed by atoms with Crippen molar-refractivity contribution in [3.05, 3.63) is 66.4 Å². The molecule has 2 rings (SSSR count). The first-order valence-corrected chi connectivity index (χ1v) is 6.39. The van der Waals surface area contributed by atoms with E-state index in [4.69, 9.17) is 11.6 Å². The number of hydrazine groups is 1. The van der Waals surface area contributed by atoms with E-state index in [1.54, 1.807) is 6.20 Å². The lowest BCUT2D eigenvalue weighted by Crippen LogP contribution is -2.16. The van der Waals surface area contributed by atoms with Gasteiger partial charge in [0.1, 0.15) is 0 Å². The van der Waals surface area contributed by atoms with Gasteiger partial charge < -0.3 is 11.2 Å². The summed E-state index contributed by atoms with van der Waals surface area (Å²) in [5.74, 6) is 5.18. The summed E-state index contributed by atoms with van der Waals surface area (Å²) in [7, 11) is 0. The second-order valence-electron chi connectivity index (χ2n) is 3.71. The van der Waals surface area contributed by atoms with Gasteiger partial charge in [0, 0.05) is 6.20 Å². The first-order chi connectivity index (χ1) is 9.31. The van der Waals surface area contributed by atoms with Crippen LogP contribution in [0.2, 0.25) is 0 Å². The van der Waals surface area contributed by atoms with E-state index < -0.39 is 0 Å². The minimum absolute atomic E-state index is 0.618. The molecule has 0 aliphatic heterocycles. The zero-order valence-electron chi connectivity index (χ0n) is 11.4. The second kappa shape index (κ2) is 7.95. The van der Waals surface area contributed by atoms with Gasteiger partial charge in [-0.2, -0.15) is 0 Å². The van der Waals surface area contributed by atoms with Crippen molar-refractivity contribution in [1.82, 2.24) is 5.43 Å². The van der Waals surface area contributed by atoms with Crippen molar-refractivity contribution in [2.24, 2.45) is 11.6 Å². The molecule has 2 aromatic carbocycles. The highest BCUT2D eigenvalue weighted by Crippen LogP contribution is 2.20. The zero-order chi connectivity index (χ0) is 14.1. The molecule has 5 N–H and O–H groups in total. The van der Waals surface area contributed by atoms with Crippen molar-refractivity contribution in [2.45, 2.75) is 13.8 Å². The molecule has 0 amide bonds. The Morgan fingerprint density at radius 3 is 1.95 bits per heavy atom. The number of nitrogens with one attached hydrogen (secondary N) is 1. The molecular formula is C16H21N3. The van der Waals surface area contributed by atoms with Gasteiger partial charge in [0.25, 0.3) is 0 Å². The Morgan fingerprint density at radius 1 is 0.895 bits per heavy atom. The molecule has 2 aromatic rings. The normalized spacial score (nSPS) is 10.4. The van der Waals surface area contributed by atoms with Crippen LogP contribution in [0.4, 0.5) is 0 Å². The highest BCUT2D eigenvalue weighted by molar-refractivity contribution is 5.68. The molecule has 0 saturated heterocycles. The van der Waals surface area contributed by atoms with Crippen LogP contribution in [0.3, 0.4) is 0 Å². The maximum Gasteiger partial charge on any atom is 0.0561 e. The fraction of sp³-hybridized carbons (Fsp3) is 0.125. The van der Waals surface area contributed by atoms with E-state index in [0.29, 0.717) is 5.70 Å². The Hall–Kier alpha value is -2.26. The molecule has 0 fully saturated rings. The summed E-state index contributed by atoms with van der Waals surface area (Å²) in [6.45, 7) is 4.00. The van der Waals surface area contributed by atoms with Gasteiger partial charge in [-0.1, -0.05) is 68.4 Å². The van der Waals surface area contributed by atoms with Crippen LogP contribution in [0, 0.1) is 0 Å². The molecule has 0 radical (unpaired) electrons. The maximum absolute atomic E-state index is 5.81. The largest absolute Gasteiger partial charge is 0.397 e. The lowest BCUT2D eigenvalue weighted by Gasteiger charge is -2.04. The van der Waals surface area contributed by atoms with Crippen LogP contribution >= 0.6 is 0 Å². The summed E-state index contributed by atoms with van der Waals surface area (Å²) in [6, 6.07) is 18.3. The Morgan fingerprint density at radius 2 is 1.42 bits per heavy atom. The molecule has 100 valence electrons. The van der Waals surface area contributed by atoms with Gasteiger partial charge >= 0.3 is 0 Å². The Kier molecular flexibility index (Phi) is 6.19. The quantitative estimate of drug-likeness (QED) is 0.583. The van der Waals surface area contributed by atoms with E-state index in [1.807, 2.05) is 56.3 Å². The van der Waals surface area contributed by atoms with Crippen molar-refractivity contribution in [2.75, 3.05) is 0 Å². The second-order valence-corrected chi connectivity index (χ2v) is 3.71. The lowest BCUT2D eigenvalue weighted by atomic mass is 10.0. The van der Waals surface area contributed by atoms with Crippen LogP contribution in [0.15, 0.2) is 60.8 Å². The number of rotatable bonds is 3. The van der Waals surface area contributed by atoms with E-state index in [1.165, 1.54) is 11.1 Å². The third kappa shape index (κ3) is 4.16. The van der Waals surface area contributed by atoms with Crippen molar-refractivity contribution < 1.29 is 0 Å². The Labute approximate surface area is 114 Å². The fourth-order valence-corrected chi connectivity index (χ4v) is 1.66. The molecule has 0 bridgehead atoms. The van der Waals surface area contributed by atoms with Gasteiger partial charge in [-0.05, 0) is 16.7 Å². The highest BCUT2D eigenvalue weighted by atomic mass is 15.2. The molecule has 0 aliphatic rings. The van der Waals surface area contributed by atoms with Crippen LogP contribution in [0.25, 0.3) is 16.8 Å².